The number of sulfonamides is 1. The Bertz CT molecular complexity index is 2740. The van der Waals surface area contributed by atoms with E-state index in [1.54, 1.807) is 46.9 Å². The fraction of sp³-hybridized carbons (Fsp3) is 0.293. The SMILES string of the molecule is CS(=O)(=O)c1cc(S(=O)(=O)NC(=O)c2csc(N3CCc4cccc(C(=O)Nc5cn6ncccc6n5)c4C3)n2)ccc1N[C@H](CCN1CCOCC1)CSc1ccccc1. The number of carbonyl (C=O) groups excluding carboxylic acids is 2. The largest absolute Gasteiger partial charge is 0.380 e. The van der Waals surface area contributed by atoms with Gasteiger partial charge in [-0.1, -0.05) is 30.3 Å². The van der Waals surface area contributed by atoms with Crippen LogP contribution >= 0.6 is 23.1 Å². The average molecular weight is 902 g/mol. The zero-order chi connectivity index (χ0) is 42.6. The molecule has 6 aromatic rings. The molecule has 1 fully saturated rings. The molecule has 3 N–H and O–H groups in total. The smallest absolute Gasteiger partial charge is 0.284 e. The van der Waals surface area contributed by atoms with Gasteiger partial charge in [-0.3, -0.25) is 14.5 Å². The molecule has 2 amide bonds. The Morgan fingerprint density at radius 3 is 2.54 bits per heavy atom. The monoisotopic (exact) mass is 901 g/mol. The highest BCUT2D eigenvalue weighted by molar-refractivity contribution is 7.99. The normalized spacial score (nSPS) is 15.3. The minimum Gasteiger partial charge on any atom is -0.380 e. The van der Waals surface area contributed by atoms with Crippen molar-refractivity contribution in [2.75, 3.05) is 66.9 Å². The number of morpholine rings is 1. The molecular formula is C41H43N9O7S4. The van der Waals surface area contributed by atoms with E-state index in [-0.39, 0.29) is 33.1 Å². The quantitative estimate of drug-likeness (QED) is 0.119. The first-order valence-electron chi connectivity index (χ1n) is 19.5. The van der Waals surface area contributed by atoms with Crippen molar-refractivity contribution in [3.8, 4) is 0 Å². The molecule has 16 nitrogen and oxygen atoms in total. The van der Waals surface area contributed by atoms with Gasteiger partial charge in [0.15, 0.2) is 26.4 Å². The molecule has 1 saturated heterocycles. The number of benzene rings is 3. The Kier molecular flexibility index (Phi) is 12.7. The molecule has 8 rings (SSSR count). The van der Waals surface area contributed by atoms with Crippen molar-refractivity contribution in [3.05, 3.63) is 119 Å². The van der Waals surface area contributed by atoms with E-state index in [9.17, 15) is 26.4 Å². The summed E-state index contributed by atoms with van der Waals surface area (Å²) in [6.45, 7) is 4.59. The number of ether oxygens (including phenoxy) is 1. The molecule has 1 atom stereocenters. The number of amides is 2. The van der Waals surface area contributed by atoms with Gasteiger partial charge in [-0.05, 0) is 72.5 Å². The Labute approximate surface area is 361 Å². The first-order valence-corrected chi connectivity index (χ1v) is 24.7. The van der Waals surface area contributed by atoms with Gasteiger partial charge < -0.3 is 20.3 Å². The summed E-state index contributed by atoms with van der Waals surface area (Å²) in [5.74, 6) is -0.311. The molecular weight excluding hydrogens is 859 g/mol. The van der Waals surface area contributed by atoms with E-state index in [4.69, 9.17) is 4.74 Å². The summed E-state index contributed by atoms with van der Waals surface area (Å²) < 4.78 is 62.7. The van der Waals surface area contributed by atoms with Gasteiger partial charge in [-0.2, -0.15) is 5.10 Å². The highest BCUT2D eigenvalue weighted by Crippen LogP contribution is 2.31. The van der Waals surface area contributed by atoms with Crippen LogP contribution in [0.2, 0.25) is 0 Å². The first kappa shape index (κ1) is 42.3. The van der Waals surface area contributed by atoms with Crippen molar-refractivity contribution < 1.29 is 31.2 Å². The van der Waals surface area contributed by atoms with Crippen LogP contribution in [0.15, 0.2) is 111 Å². The Balaban J connectivity index is 0.949. The molecule has 3 aromatic carbocycles. The van der Waals surface area contributed by atoms with Crippen molar-refractivity contribution in [2.24, 2.45) is 0 Å². The number of imidazole rings is 1. The zero-order valence-corrected chi connectivity index (χ0v) is 36.3. The van der Waals surface area contributed by atoms with Crippen LogP contribution in [0.5, 0.6) is 0 Å². The predicted octanol–water partition coefficient (Wildman–Crippen LogP) is 4.82. The number of anilines is 3. The lowest BCUT2D eigenvalue weighted by atomic mass is 9.94. The molecule has 0 spiro atoms. The first-order chi connectivity index (χ1) is 29.4. The molecule has 61 heavy (non-hydrogen) atoms. The van der Waals surface area contributed by atoms with Gasteiger partial charge in [0.1, 0.15) is 5.69 Å². The summed E-state index contributed by atoms with van der Waals surface area (Å²) in [5.41, 5.74) is 3.01. The molecule has 20 heteroatoms. The molecule has 318 valence electrons. The number of thioether (sulfide) groups is 1. The van der Waals surface area contributed by atoms with Gasteiger partial charge in [0, 0.05) is 72.8 Å². The standard InChI is InChI=1S/C41H43N9O7S4/c1-60(53,54)36-23-31(12-13-34(36)43-29(15-17-48-19-21-57-22-20-48)26-58-30-8-3-2-4-9-30)61(55,56)47-40(52)35-27-59-41(44-35)49-18-14-28-7-5-10-32(33(28)24-49)39(51)46-37-25-50-38(45-37)11-6-16-42-50/h2-13,16,23,25,27,29,43H,14-15,17-22,24,26H2,1H3,(H,46,51)(H,47,52)/t29-/m1/s1. The third-order valence-electron chi connectivity index (χ3n) is 10.3. The van der Waals surface area contributed by atoms with Crippen molar-refractivity contribution >= 4 is 77.1 Å². The molecule has 0 saturated carbocycles. The van der Waals surface area contributed by atoms with E-state index in [1.807, 2.05) is 47.4 Å². The number of fused-ring (bicyclic) bond motifs is 2. The molecule has 0 bridgehead atoms. The van der Waals surface area contributed by atoms with Crippen molar-refractivity contribution in [3.63, 3.8) is 0 Å². The van der Waals surface area contributed by atoms with E-state index in [0.717, 1.165) is 48.0 Å². The van der Waals surface area contributed by atoms with Crippen LogP contribution < -0.4 is 20.3 Å². The van der Waals surface area contributed by atoms with Crippen LogP contribution in [0.1, 0.15) is 38.4 Å². The van der Waals surface area contributed by atoms with Crippen molar-refractivity contribution in [1.82, 2.24) is 29.2 Å². The summed E-state index contributed by atoms with van der Waals surface area (Å²) in [5, 5.41) is 12.4. The van der Waals surface area contributed by atoms with E-state index >= 15 is 0 Å². The van der Waals surface area contributed by atoms with E-state index in [2.05, 4.69) is 35.3 Å². The molecule has 0 radical (unpaired) electrons. The van der Waals surface area contributed by atoms with Gasteiger partial charge in [0.25, 0.3) is 21.8 Å². The lowest BCUT2D eigenvalue weighted by Gasteiger charge is -2.29. The van der Waals surface area contributed by atoms with Gasteiger partial charge in [-0.25, -0.2) is 36.0 Å². The number of hydrogen-bond acceptors (Lipinski definition) is 15. The Morgan fingerprint density at radius 1 is 0.934 bits per heavy atom. The highest BCUT2D eigenvalue weighted by atomic mass is 32.2. The predicted molar refractivity (Wildman–Crippen MR) is 235 cm³/mol. The summed E-state index contributed by atoms with van der Waals surface area (Å²) in [6, 6.07) is 22.6. The maximum absolute atomic E-state index is 13.6. The van der Waals surface area contributed by atoms with Gasteiger partial charge >= 0.3 is 0 Å². The van der Waals surface area contributed by atoms with Crippen LogP contribution in [0.3, 0.4) is 0 Å². The van der Waals surface area contributed by atoms with Gasteiger partial charge in [0.05, 0.1) is 34.9 Å². The van der Waals surface area contributed by atoms with E-state index in [1.165, 1.54) is 28.8 Å². The van der Waals surface area contributed by atoms with Crippen LogP contribution in [0.4, 0.5) is 16.6 Å². The fourth-order valence-corrected chi connectivity index (χ4v) is 10.9. The number of sulfone groups is 1. The highest BCUT2D eigenvalue weighted by Gasteiger charge is 2.28. The number of thiazole rings is 1. The van der Waals surface area contributed by atoms with Crippen LogP contribution in [0, 0.1) is 0 Å². The molecule has 2 aliphatic heterocycles. The second-order valence-electron chi connectivity index (χ2n) is 14.6. The van der Waals surface area contributed by atoms with E-state index < -0.39 is 25.8 Å². The molecule has 2 aliphatic rings. The number of aromatic nitrogens is 4. The minimum atomic E-state index is -4.53. The van der Waals surface area contributed by atoms with Crippen molar-refractivity contribution in [2.45, 2.75) is 40.1 Å². The second kappa shape index (κ2) is 18.3. The Hall–Kier alpha value is -5.38. The number of carbonyl (C=O) groups is 2. The summed E-state index contributed by atoms with van der Waals surface area (Å²) >= 11 is 2.81. The van der Waals surface area contributed by atoms with Gasteiger partial charge in [0.2, 0.25) is 0 Å². The molecule has 0 unspecified atom stereocenters. The summed E-state index contributed by atoms with van der Waals surface area (Å²) in [7, 11) is -8.46. The Morgan fingerprint density at radius 2 is 1.75 bits per heavy atom. The average Bonchev–Trinajstić information content (AvgIpc) is 3.92. The van der Waals surface area contributed by atoms with E-state index in [0.29, 0.717) is 67.1 Å². The molecule has 5 heterocycles. The summed E-state index contributed by atoms with van der Waals surface area (Å²) in [6.07, 6.45) is 5.59. The lowest BCUT2D eigenvalue weighted by Crippen LogP contribution is -2.39. The number of nitrogens with one attached hydrogen (secondary N) is 3. The number of rotatable bonds is 15. The van der Waals surface area contributed by atoms with Gasteiger partial charge in [-0.15, -0.1) is 23.1 Å². The third-order valence-corrected chi connectivity index (χ3v) is 14.9. The zero-order valence-electron chi connectivity index (χ0n) is 33.1. The number of nitrogens with zero attached hydrogens (tertiary/aromatic N) is 6. The van der Waals surface area contributed by atoms with Crippen molar-refractivity contribution in [1.29, 1.82) is 0 Å². The molecule has 3 aromatic heterocycles. The summed E-state index contributed by atoms with van der Waals surface area (Å²) in [4.78, 5) is 40.5. The minimum absolute atomic E-state index is 0.124. The molecule has 0 aliphatic carbocycles. The van der Waals surface area contributed by atoms with Crippen LogP contribution in [-0.4, -0.2) is 111 Å². The maximum Gasteiger partial charge on any atom is 0.284 e. The fourth-order valence-electron chi connectivity index (χ4n) is 7.17. The van der Waals surface area contributed by atoms with Crippen LogP contribution in [0.25, 0.3) is 5.65 Å². The maximum atomic E-state index is 13.6. The topological polar surface area (TPSA) is 197 Å². The third kappa shape index (κ3) is 10.2. The second-order valence-corrected chi connectivity index (χ2v) is 20.2. The lowest BCUT2D eigenvalue weighted by molar-refractivity contribution is 0.0370. The number of hydrogen-bond donors (Lipinski definition) is 3. The van der Waals surface area contributed by atoms with Crippen LogP contribution in [-0.2, 0) is 37.6 Å².